The van der Waals surface area contributed by atoms with Crippen LogP contribution >= 0.6 is 11.6 Å². The summed E-state index contributed by atoms with van der Waals surface area (Å²) in [5, 5.41) is 7.76. The van der Waals surface area contributed by atoms with Crippen LogP contribution in [-0.2, 0) is 0 Å². The van der Waals surface area contributed by atoms with Crippen LogP contribution in [0.4, 0.5) is 10.3 Å². The Morgan fingerprint density at radius 1 is 1.20 bits per heavy atom. The van der Waals surface area contributed by atoms with Crippen LogP contribution in [0.2, 0.25) is 5.02 Å². The molecule has 7 heteroatoms. The van der Waals surface area contributed by atoms with Crippen molar-refractivity contribution in [2.24, 2.45) is 0 Å². The third-order valence-electron chi connectivity index (χ3n) is 4.10. The van der Waals surface area contributed by atoms with Gasteiger partial charge in [0.05, 0.1) is 7.11 Å². The third-order valence-corrected chi connectivity index (χ3v) is 4.43. The van der Waals surface area contributed by atoms with E-state index in [9.17, 15) is 4.39 Å². The summed E-state index contributed by atoms with van der Waals surface area (Å²) in [6.07, 6.45) is 3.31. The second kappa shape index (κ2) is 6.22. The molecule has 1 atom stereocenters. The number of methoxy groups -OCH3 is 1. The van der Waals surface area contributed by atoms with Crippen LogP contribution in [0.1, 0.15) is 17.2 Å². The van der Waals surface area contributed by atoms with E-state index in [-0.39, 0.29) is 5.82 Å². The van der Waals surface area contributed by atoms with Crippen molar-refractivity contribution in [1.29, 1.82) is 0 Å². The molecule has 1 aliphatic heterocycles. The predicted molar refractivity (Wildman–Crippen MR) is 94.2 cm³/mol. The number of benzene rings is 2. The van der Waals surface area contributed by atoms with Crippen LogP contribution in [0, 0.1) is 5.82 Å². The zero-order chi connectivity index (χ0) is 17.4. The molecule has 0 saturated carbocycles. The van der Waals surface area contributed by atoms with Gasteiger partial charge in [-0.2, -0.15) is 10.1 Å². The Balaban J connectivity index is 1.83. The Hall–Kier alpha value is -2.86. The van der Waals surface area contributed by atoms with Crippen LogP contribution in [0.3, 0.4) is 0 Å². The lowest BCUT2D eigenvalue weighted by Gasteiger charge is -2.25. The number of allylic oxidation sites excluding steroid dienone is 1. The second-order valence-electron chi connectivity index (χ2n) is 5.54. The van der Waals surface area contributed by atoms with E-state index in [1.807, 2.05) is 30.3 Å². The highest BCUT2D eigenvalue weighted by Gasteiger charge is 2.27. The number of hydrogen-bond acceptors (Lipinski definition) is 4. The molecule has 0 unspecified atom stereocenters. The lowest BCUT2D eigenvalue weighted by molar-refractivity contribution is 0.415. The van der Waals surface area contributed by atoms with E-state index in [4.69, 9.17) is 16.3 Å². The molecule has 126 valence electrons. The molecule has 1 aromatic heterocycles. The summed E-state index contributed by atoms with van der Waals surface area (Å²) < 4.78 is 21.2. The highest BCUT2D eigenvalue weighted by molar-refractivity contribution is 6.31. The van der Waals surface area contributed by atoms with Crippen LogP contribution in [-0.4, -0.2) is 21.9 Å². The van der Waals surface area contributed by atoms with Gasteiger partial charge >= 0.3 is 0 Å². The van der Waals surface area contributed by atoms with Gasteiger partial charge in [0.1, 0.15) is 23.9 Å². The summed E-state index contributed by atoms with van der Waals surface area (Å²) >= 11 is 6.26. The monoisotopic (exact) mass is 356 g/mol. The molecule has 0 bridgehead atoms. The third kappa shape index (κ3) is 2.74. The minimum atomic E-state index is -0.496. The Morgan fingerprint density at radius 2 is 2.00 bits per heavy atom. The first-order chi connectivity index (χ1) is 12.2. The van der Waals surface area contributed by atoms with E-state index >= 15 is 0 Å². The van der Waals surface area contributed by atoms with E-state index < -0.39 is 6.04 Å². The number of nitrogens with zero attached hydrogens (tertiary/aromatic N) is 3. The van der Waals surface area contributed by atoms with Gasteiger partial charge in [-0.25, -0.2) is 9.07 Å². The molecular formula is C18H14ClFN4O. The first-order valence-electron chi connectivity index (χ1n) is 7.64. The van der Waals surface area contributed by atoms with E-state index in [2.05, 4.69) is 15.4 Å². The number of halogens is 2. The number of aromatic nitrogens is 3. The van der Waals surface area contributed by atoms with Crippen molar-refractivity contribution < 1.29 is 9.13 Å². The van der Waals surface area contributed by atoms with E-state index in [1.165, 1.54) is 12.4 Å². The highest BCUT2D eigenvalue weighted by atomic mass is 35.5. The molecule has 3 aromatic rings. The Labute approximate surface area is 148 Å². The number of ether oxygens (including phenoxy) is 1. The number of hydrogen-bond donors (Lipinski definition) is 1. The summed E-state index contributed by atoms with van der Waals surface area (Å²) in [7, 11) is 1.62. The summed E-state index contributed by atoms with van der Waals surface area (Å²) in [5.41, 5.74) is 2.09. The molecule has 0 saturated heterocycles. The molecule has 2 heterocycles. The highest BCUT2D eigenvalue weighted by Crippen LogP contribution is 2.36. The zero-order valence-electron chi connectivity index (χ0n) is 13.3. The normalized spacial score (nSPS) is 16.0. The SMILES string of the molecule is COc1ccc(C2=C[C@H](c3c(F)cccc3Cl)n3ncnc3N2)cc1. The average molecular weight is 357 g/mol. The number of anilines is 1. The predicted octanol–water partition coefficient (Wildman–Crippen LogP) is 4.14. The van der Waals surface area contributed by atoms with Gasteiger partial charge < -0.3 is 10.1 Å². The molecule has 0 radical (unpaired) electrons. The first-order valence-corrected chi connectivity index (χ1v) is 8.02. The smallest absolute Gasteiger partial charge is 0.226 e. The number of fused-ring (bicyclic) bond motifs is 1. The standard InChI is InChI=1S/C18H14ClFN4O/c1-25-12-7-5-11(6-8-12)15-9-16(24-18(23-15)21-10-22-24)17-13(19)3-2-4-14(17)20/h2-10,16H,1H3,(H,21,22,23)/t16-/m1/s1. The van der Waals surface area contributed by atoms with Crippen molar-refractivity contribution >= 4 is 23.2 Å². The maximum atomic E-state index is 14.5. The number of rotatable bonds is 3. The maximum absolute atomic E-state index is 14.5. The maximum Gasteiger partial charge on any atom is 0.226 e. The largest absolute Gasteiger partial charge is 0.497 e. The summed E-state index contributed by atoms with van der Waals surface area (Å²) in [6.45, 7) is 0. The van der Waals surface area contributed by atoms with Crippen LogP contribution < -0.4 is 10.1 Å². The minimum Gasteiger partial charge on any atom is -0.497 e. The van der Waals surface area contributed by atoms with Crippen molar-refractivity contribution in [3.05, 3.63) is 76.8 Å². The zero-order valence-corrected chi connectivity index (χ0v) is 14.0. The van der Waals surface area contributed by atoms with Crippen LogP contribution in [0.25, 0.3) is 5.70 Å². The lowest BCUT2D eigenvalue weighted by atomic mass is 10.0. The van der Waals surface area contributed by atoms with Gasteiger partial charge in [-0.1, -0.05) is 17.7 Å². The number of nitrogens with one attached hydrogen (secondary N) is 1. The van der Waals surface area contributed by atoms with Crippen molar-refractivity contribution in [2.45, 2.75) is 6.04 Å². The fourth-order valence-electron chi connectivity index (χ4n) is 2.87. The Morgan fingerprint density at radius 3 is 2.72 bits per heavy atom. The van der Waals surface area contributed by atoms with Gasteiger partial charge in [-0.3, -0.25) is 0 Å². The average Bonchev–Trinajstić information content (AvgIpc) is 3.10. The fourth-order valence-corrected chi connectivity index (χ4v) is 3.15. The van der Waals surface area contributed by atoms with Crippen LogP contribution in [0.15, 0.2) is 54.9 Å². The summed E-state index contributed by atoms with van der Waals surface area (Å²) in [4.78, 5) is 4.21. The molecule has 0 fully saturated rings. The molecule has 5 nitrogen and oxygen atoms in total. The van der Waals surface area contributed by atoms with Gasteiger partial charge in [0.25, 0.3) is 0 Å². The molecule has 2 aromatic carbocycles. The summed E-state index contributed by atoms with van der Waals surface area (Å²) in [5.74, 6) is 0.904. The Bertz CT molecular complexity index is 932. The first kappa shape index (κ1) is 15.7. The van der Waals surface area contributed by atoms with Gasteiger partial charge in [0.15, 0.2) is 0 Å². The van der Waals surface area contributed by atoms with Crippen molar-refractivity contribution in [1.82, 2.24) is 14.8 Å². The molecule has 1 aliphatic rings. The molecule has 0 aliphatic carbocycles. The van der Waals surface area contributed by atoms with Crippen LogP contribution in [0.5, 0.6) is 5.75 Å². The molecule has 0 spiro atoms. The van der Waals surface area contributed by atoms with E-state index in [1.54, 1.807) is 23.9 Å². The molecule has 0 amide bonds. The molecule has 4 rings (SSSR count). The van der Waals surface area contributed by atoms with Gasteiger partial charge in [0, 0.05) is 16.3 Å². The van der Waals surface area contributed by atoms with Crippen molar-refractivity contribution in [3.8, 4) is 5.75 Å². The molecule has 25 heavy (non-hydrogen) atoms. The van der Waals surface area contributed by atoms with Gasteiger partial charge in [-0.05, 0) is 48.0 Å². The second-order valence-corrected chi connectivity index (χ2v) is 5.95. The molecular weight excluding hydrogens is 343 g/mol. The summed E-state index contributed by atoms with van der Waals surface area (Å²) in [6, 6.07) is 11.7. The van der Waals surface area contributed by atoms with Crippen molar-refractivity contribution in [3.63, 3.8) is 0 Å². The van der Waals surface area contributed by atoms with Gasteiger partial charge in [-0.15, -0.1) is 0 Å². The van der Waals surface area contributed by atoms with E-state index in [0.29, 0.717) is 16.5 Å². The topological polar surface area (TPSA) is 52.0 Å². The van der Waals surface area contributed by atoms with E-state index in [0.717, 1.165) is 17.0 Å². The lowest BCUT2D eigenvalue weighted by Crippen LogP contribution is -2.21. The fraction of sp³-hybridized carbons (Fsp3) is 0.111. The molecule has 1 N–H and O–H groups in total. The minimum absolute atomic E-state index is 0.346. The van der Waals surface area contributed by atoms with Gasteiger partial charge in [0.2, 0.25) is 5.95 Å². The van der Waals surface area contributed by atoms with Crippen molar-refractivity contribution in [2.75, 3.05) is 12.4 Å². The quantitative estimate of drug-likeness (QED) is 0.766. The Kier molecular flexibility index (Phi) is 3.89.